The monoisotopic (exact) mass is 394 g/mol. The molecular weight excluding hydrogens is 371 g/mol. The molecule has 0 radical (unpaired) electrons. The molecular formula is C23H23F5. The van der Waals surface area contributed by atoms with Crippen molar-refractivity contribution in [3.63, 3.8) is 0 Å². The molecule has 0 unspecified atom stereocenters. The third-order valence-electron chi connectivity index (χ3n) is 5.55. The molecule has 1 aliphatic carbocycles. The normalized spacial score (nSPS) is 20.8. The van der Waals surface area contributed by atoms with Gasteiger partial charge in [0.05, 0.1) is 0 Å². The van der Waals surface area contributed by atoms with Gasteiger partial charge in [-0.3, -0.25) is 0 Å². The fourth-order valence-corrected chi connectivity index (χ4v) is 3.96. The Morgan fingerprint density at radius 1 is 0.821 bits per heavy atom. The van der Waals surface area contributed by atoms with E-state index >= 15 is 0 Å². The first-order valence-electron chi connectivity index (χ1n) is 9.69. The highest BCUT2D eigenvalue weighted by Gasteiger charge is 2.25. The zero-order valence-electron chi connectivity index (χ0n) is 15.8. The summed E-state index contributed by atoms with van der Waals surface area (Å²) in [5.41, 5.74) is 1.77. The summed E-state index contributed by atoms with van der Waals surface area (Å²) in [6.45, 7) is 1.79. The number of hydrogen-bond donors (Lipinski definition) is 0. The largest absolute Gasteiger partial charge is 0.209 e. The first-order valence-corrected chi connectivity index (χ1v) is 9.69. The highest BCUT2D eigenvalue weighted by Crippen LogP contribution is 2.41. The molecule has 0 heterocycles. The summed E-state index contributed by atoms with van der Waals surface area (Å²) < 4.78 is 67.8. The van der Waals surface area contributed by atoms with Crippen molar-refractivity contribution in [1.29, 1.82) is 0 Å². The minimum Gasteiger partial charge on any atom is -0.209 e. The van der Waals surface area contributed by atoms with Crippen molar-refractivity contribution >= 4 is 5.83 Å². The molecule has 3 rings (SSSR count). The topological polar surface area (TPSA) is 0 Å². The summed E-state index contributed by atoms with van der Waals surface area (Å²) in [6, 6.07) is 8.98. The summed E-state index contributed by atoms with van der Waals surface area (Å²) in [6.07, 6.45) is 3.72. The van der Waals surface area contributed by atoms with Crippen molar-refractivity contribution in [1.82, 2.24) is 0 Å². The Labute approximate surface area is 162 Å². The zero-order chi connectivity index (χ0) is 20.3. The lowest BCUT2D eigenvalue weighted by Gasteiger charge is -2.29. The minimum atomic E-state index is -1.44. The molecule has 2 aromatic rings. The first kappa shape index (κ1) is 20.6. The van der Waals surface area contributed by atoms with Crippen LogP contribution in [0.3, 0.4) is 0 Å². The van der Waals surface area contributed by atoms with Gasteiger partial charge in [0, 0.05) is 12.0 Å². The number of benzene rings is 2. The SMILES string of the molecule is CCCC(F)=C(F)c1ccc(C2CCC(c3cc(F)c(F)c(F)c3)CC2)cc1. The number of allylic oxidation sites excluding steroid dienone is 1. The summed E-state index contributed by atoms with van der Waals surface area (Å²) >= 11 is 0. The molecule has 0 aromatic heterocycles. The van der Waals surface area contributed by atoms with Gasteiger partial charge in [-0.25, -0.2) is 22.0 Å². The van der Waals surface area contributed by atoms with Crippen molar-refractivity contribution in [3.05, 3.63) is 76.4 Å². The van der Waals surface area contributed by atoms with Crippen molar-refractivity contribution < 1.29 is 22.0 Å². The van der Waals surface area contributed by atoms with Gasteiger partial charge in [0.15, 0.2) is 23.3 Å². The van der Waals surface area contributed by atoms with Gasteiger partial charge in [-0.15, -0.1) is 0 Å². The van der Waals surface area contributed by atoms with Gasteiger partial charge in [-0.2, -0.15) is 0 Å². The molecule has 1 aliphatic rings. The second kappa shape index (κ2) is 8.89. The molecule has 0 aliphatic heterocycles. The highest BCUT2D eigenvalue weighted by atomic mass is 19.2. The van der Waals surface area contributed by atoms with Crippen molar-refractivity contribution in [2.24, 2.45) is 0 Å². The zero-order valence-corrected chi connectivity index (χ0v) is 15.8. The maximum absolute atomic E-state index is 14.0. The van der Waals surface area contributed by atoms with E-state index in [0.717, 1.165) is 43.4 Å². The van der Waals surface area contributed by atoms with E-state index in [1.165, 1.54) is 0 Å². The predicted octanol–water partition coefficient (Wildman–Crippen LogP) is 7.95. The van der Waals surface area contributed by atoms with Gasteiger partial charge in [0.2, 0.25) is 0 Å². The predicted molar refractivity (Wildman–Crippen MR) is 101 cm³/mol. The Morgan fingerprint density at radius 3 is 1.82 bits per heavy atom. The number of halogens is 5. The standard InChI is InChI=1S/C23H23F5/c1-2-3-19(24)22(27)17-10-8-15(9-11-17)14-4-6-16(7-5-14)18-12-20(25)23(28)21(26)13-18/h8-14,16H,2-7H2,1H3. The quantitative estimate of drug-likeness (QED) is 0.356. The lowest BCUT2D eigenvalue weighted by Crippen LogP contribution is -2.13. The Bertz CT molecular complexity index is 823. The summed E-state index contributed by atoms with van der Waals surface area (Å²) in [4.78, 5) is 0. The average molecular weight is 394 g/mol. The average Bonchev–Trinajstić information content (AvgIpc) is 2.71. The van der Waals surface area contributed by atoms with E-state index in [9.17, 15) is 22.0 Å². The van der Waals surface area contributed by atoms with Crippen LogP contribution in [-0.2, 0) is 0 Å². The van der Waals surface area contributed by atoms with Gasteiger partial charge in [-0.05, 0) is 67.2 Å². The molecule has 0 spiro atoms. The van der Waals surface area contributed by atoms with Crippen LogP contribution in [0.15, 0.2) is 42.2 Å². The van der Waals surface area contributed by atoms with Gasteiger partial charge >= 0.3 is 0 Å². The summed E-state index contributed by atoms with van der Waals surface area (Å²) in [5.74, 6) is -5.03. The van der Waals surface area contributed by atoms with Crippen LogP contribution in [0.5, 0.6) is 0 Å². The molecule has 0 atom stereocenters. The maximum atomic E-state index is 14.0. The Kier molecular flexibility index (Phi) is 6.53. The second-order valence-electron chi connectivity index (χ2n) is 7.44. The fourth-order valence-electron chi connectivity index (χ4n) is 3.96. The summed E-state index contributed by atoms with van der Waals surface area (Å²) in [5, 5.41) is 0. The lowest BCUT2D eigenvalue weighted by atomic mass is 9.76. The highest BCUT2D eigenvalue weighted by molar-refractivity contribution is 5.61. The van der Waals surface area contributed by atoms with Gasteiger partial charge < -0.3 is 0 Å². The van der Waals surface area contributed by atoms with Crippen LogP contribution >= 0.6 is 0 Å². The van der Waals surface area contributed by atoms with Gasteiger partial charge in [0.25, 0.3) is 0 Å². The minimum absolute atomic E-state index is 0.0105. The molecule has 0 bridgehead atoms. The Hall–Kier alpha value is -2.17. The van der Waals surface area contributed by atoms with Gasteiger partial charge in [-0.1, -0.05) is 31.2 Å². The molecule has 1 fully saturated rings. The lowest BCUT2D eigenvalue weighted by molar-refractivity contribution is 0.389. The molecule has 0 nitrogen and oxygen atoms in total. The molecule has 0 amide bonds. The number of rotatable bonds is 5. The van der Waals surface area contributed by atoms with Crippen molar-refractivity contribution in [2.75, 3.05) is 0 Å². The van der Waals surface area contributed by atoms with Crippen LogP contribution in [0.1, 0.15) is 74.0 Å². The first-order chi connectivity index (χ1) is 13.4. The van der Waals surface area contributed by atoms with Crippen molar-refractivity contribution in [3.8, 4) is 0 Å². The third-order valence-corrected chi connectivity index (χ3v) is 5.55. The van der Waals surface area contributed by atoms with Crippen molar-refractivity contribution in [2.45, 2.75) is 57.3 Å². The van der Waals surface area contributed by atoms with Crippen LogP contribution in [0, 0.1) is 17.5 Å². The third kappa shape index (κ3) is 4.45. The van der Waals surface area contributed by atoms with Gasteiger partial charge in [0.1, 0.15) is 5.83 Å². The maximum Gasteiger partial charge on any atom is 0.194 e. The van der Waals surface area contributed by atoms with Crippen LogP contribution < -0.4 is 0 Å². The van der Waals surface area contributed by atoms with E-state index in [1.807, 2.05) is 12.1 Å². The molecule has 2 aromatic carbocycles. The van der Waals surface area contributed by atoms with E-state index < -0.39 is 29.1 Å². The second-order valence-corrected chi connectivity index (χ2v) is 7.44. The van der Waals surface area contributed by atoms with Crippen LogP contribution in [0.25, 0.3) is 5.83 Å². The molecule has 150 valence electrons. The van der Waals surface area contributed by atoms with Crippen LogP contribution in [-0.4, -0.2) is 0 Å². The molecule has 0 N–H and O–H groups in total. The number of hydrogen-bond acceptors (Lipinski definition) is 0. The van der Waals surface area contributed by atoms with E-state index in [1.54, 1.807) is 19.1 Å². The molecule has 28 heavy (non-hydrogen) atoms. The molecule has 1 saturated carbocycles. The Balaban J connectivity index is 1.66. The molecule has 0 saturated heterocycles. The fraction of sp³-hybridized carbons (Fsp3) is 0.391. The van der Waals surface area contributed by atoms with E-state index in [4.69, 9.17) is 0 Å². The van der Waals surface area contributed by atoms with Crippen LogP contribution in [0.4, 0.5) is 22.0 Å². The molecule has 5 heteroatoms. The van der Waals surface area contributed by atoms with E-state index in [-0.39, 0.29) is 23.8 Å². The van der Waals surface area contributed by atoms with E-state index in [2.05, 4.69) is 0 Å². The smallest absolute Gasteiger partial charge is 0.194 e. The van der Waals surface area contributed by atoms with Crippen LogP contribution in [0.2, 0.25) is 0 Å². The Morgan fingerprint density at radius 2 is 1.32 bits per heavy atom. The summed E-state index contributed by atoms with van der Waals surface area (Å²) in [7, 11) is 0. The van der Waals surface area contributed by atoms with E-state index in [0.29, 0.717) is 12.0 Å².